The van der Waals surface area contributed by atoms with Gasteiger partial charge in [-0.3, -0.25) is 14.6 Å². The number of hydrogen-bond acceptors (Lipinski definition) is 3. The predicted molar refractivity (Wildman–Crippen MR) is 107 cm³/mol. The largest absolute Gasteiger partial charge is 0.322 e. The maximum Gasteiger partial charge on any atom is 0.274 e. The molecule has 0 spiro atoms. The van der Waals surface area contributed by atoms with Crippen LogP contribution < -0.4 is 10.6 Å². The van der Waals surface area contributed by atoms with Gasteiger partial charge in [-0.1, -0.05) is 23.8 Å². The molecule has 0 saturated heterocycles. The van der Waals surface area contributed by atoms with Gasteiger partial charge in [0.25, 0.3) is 11.8 Å². The van der Waals surface area contributed by atoms with Crippen LogP contribution in [0.3, 0.4) is 0 Å². The molecule has 0 fully saturated rings. The number of aryl methyl sites for hydroxylation is 3. The molecule has 2 aromatic carbocycles. The Morgan fingerprint density at radius 2 is 1.33 bits per heavy atom. The molecule has 3 aromatic rings. The fourth-order valence-corrected chi connectivity index (χ4v) is 2.78. The quantitative estimate of drug-likeness (QED) is 0.720. The standard InChI is InChI=1S/C22H21N3O2/c1-14-4-6-18(7-5-14)24-21(26)17-8-9-23-20(13-17)22(27)25-19-11-15(2)10-16(3)12-19/h4-13H,1-3H3,(H,24,26)(H,25,27). The first-order valence-electron chi connectivity index (χ1n) is 8.64. The van der Waals surface area contributed by atoms with E-state index < -0.39 is 0 Å². The van der Waals surface area contributed by atoms with Crippen molar-refractivity contribution in [2.24, 2.45) is 0 Å². The Bertz CT molecular complexity index is 974. The van der Waals surface area contributed by atoms with Gasteiger partial charge in [-0.25, -0.2) is 0 Å². The average Bonchev–Trinajstić information content (AvgIpc) is 2.63. The summed E-state index contributed by atoms with van der Waals surface area (Å²) >= 11 is 0. The van der Waals surface area contributed by atoms with Gasteiger partial charge in [-0.05, 0) is 68.3 Å². The second-order valence-corrected chi connectivity index (χ2v) is 6.58. The predicted octanol–water partition coefficient (Wildman–Crippen LogP) is 4.51. The Morgan fingerprint density at radius 1 is 0.704 bits per heavy atom. The summed E-state index contributed by atoms with van der Waals surface area (Å²) in [5.41, 5.74) is 5.19. The molecule has 0 atom stereocenters. The number of hydrogen-bond donors (Lipinski definition) is 2. The molecule has 1 heterocycles. The monoisotopic (exact) mass is 359 g/mol. The number of carbonyl (C=O) groups excluding carboxylic acids is 2. The van der Waals surface area contributed by atoms with Gasteiger partial charge in [0.2, 0.25) is 0 Å². The Hall–Kier alpha value is -3.47. The number of nitrogens with one attached hydrogen (secondary N) is 2. The molecule has 136 valence electrons. The summed E-state index contributed by atoms with van der Waals surface area (Å²) in [6.45, 7) is 5.92. The first kappa shape index (κ1) is 18.3. The first-order chi connectivity index (χ1) is 12.9. The minimum absolute atomic E-state index is 0.186. The molecule has 0 saturated carbocycles. The van der Waals surface area contributed by atoms with Gasteiger partial charge in [0.15, 0.2) is 0 Å². The van der Waals surface area contributed by atoms with Crippen LogP contribution in [0.2, 0.25) is 0 Å². The topological polar surface area (TPSA) is 71.1 Å². The molecule has 5 nitrogen and oxygen atoms in total. The highest BCUT2D eigenvalue weighted by molar-refractivity contribution is 6.07. The van der Waals surface area contributed by atoms with Gasteiger partial charge >= 0.3 is 0 Å². The van der Waals surface area contributed by atoms with E-state index in [1.807, 2.05) is 63.2 Å². The lowest BCUT2D eigenvalue weighted by molar-refractivity contribution is 0.102. The van der Waals surface area contributed by atoms with Crippen LogP contribution in [-0.2, 0) is 0 Å². The van der Waals surface area contributed by atoms with E-state index in [0.29, 0.717) is 16.9 Å². The van der Waals surface area contributed by atoms with Crippen LogP contribution in [0.5, 0.6) is 0 Å². The van der Waals surface area contributed by atoms with Gasteiger partial charge in [0.1, 0.15) is 5.69 Å². The average molecular weight is 359 g/mol. The van der Waals surface area contributed by atoms with Crippen molar-refractivity contribution in [1.82, 2.24) is 4.98 Å². The van der Waals surface area contributed by atoms with Crippen molar-refractivity contribution < 1.29 is 9.59 Å². The van der Waals surface area contributed by atoms with Crippen LogP contribution in [0.15, 0.2) is 60.8 Å². The summed E-state index contributed by atoms with van der Waals surface area (Å²) in [5, 5.41) is 5.65. The first-order valence-corrected chi connectivity index (χ1v) is 8.64. The molecule has 0 aliphatic heterocycles. The van der Waals surface area contributed by atoms with Crippen LogP contribution in [0.1, 0.15) is 37.5 Å². The summed E-state index contributed by atoms with van der Waals surface area (Å²) in [6.07, 6.45) is 1.46. The molecule has 0 unspecified atom stereocenters. The van der Waals surface area contributed by atoms with E-state index in [1.165, 1.54) is 12.3 Å². The van der Waals surface area contributed by atoms with Crippen molar-refractivity contribution >= 4 is 23.2 Å². The fraction of sp³-hybridized carbons (Fsp3) is 0.136. The maximum absolute atomic E-state index is 12.5. The molecule has 2 N–H and O–H groups in total. The number of nitrogens with zero attached hydrogens (tertiary/aromatic N) is 1. The van der Waals surface area contributed by atoms with Gasteiger partial charge in [-0.15, -0.1) is 0 Å². The summed E-state index contributed by atoms with van der Waals surface area (Å²) in [6, 6.07) is 16.4. The number of rotatable bonds is 4. The van der Waals surface area contributed by atoms with E-state index >= 15 is 0 Å². The molecule has 0 bridgehead atoms. The third-order valence-corrected chi connectivity index (χ3v) is 4.04. The highest BCUT2D eigenvalue weighted by atomic mass is 16.2. The minimum atomic E-state index is -0.356. The molecule has 3 rings (SSSR count). The molecule has 0 radical (unpaired) electrons. The van der Waals surface area contributed by atoms with Crippen molar-refractivity contribution in [3.8, 4) is 0 Å². The molecular formula is C22H21N3O2. The zero-order chi connectivity index (χ0) is 19.4. The number of aromatic nitrogens is 1. The summed E-state index contributed by atoms with van der Waals surface area (Å²) in [7, 11) is 0. The van der Waals surface area contributed by atoms with Crippen molar-refractivity contribution in [2.45, 2.75) is 20.8 Å². The highest BCUT2D eigenvalue weighted by Gasteiger charge is 2.13. The van der Waals surface area contributed by atoms with Crippen molar-refractivity contribution in [3.63, 3.8) is 0 Å². The van der Waals surface area contributed by atoms with E-state index in [2.05, 4.69) is 15.6 Å². The zero-order valence-electron chi connectivity index (χ0n) is 15.5. The smallest absolute Gasteiger partial charge is 0.274 e. The van der Waals surface area contributed by atoms with Crippen LogP contribution in [0.4, 0.5) is 11.4 Å². The van der Waals surface area contributed by atoms with E-state index in [4.69, 9.17) is 0 Å². The Labute approximate surface area is 158 Å². The molecular weight excluding hydrogens is 338 g/mol. The maximum atomic E-state index is 12.5. The summed E-state index contributed by atoms with van der Waals surface area (Å²) in [4.78, 5) is 29.0. The molecule has 5 heteroatoms. The van der Waals surface area contributed by atoms with Crippen LogP contribution in [-0.4, -0.2) is 16.8 Å². The fourth-order valence-electron chi connectivity index (χ4n) is 2.78. The lowest BCUT2D eigenvalue weighted by atomic mass is 10.1. The van der Waals surface area contributed by atoms with E-state index in [1.54, 1.807) is 6.07 Å². The molecule has 27 heavy (non-hydrogen) atoms. The number of amides is 2. The van der Waals surface area contributed by atoms with Crippen LogP contribution in [0, 0.1) is 20.8 Å². The van der Waals surface area contributed by atoms with E-state index in [9.17, 15) is 9.59 Å². The Balaban J connectivity index is 1.75. The second kappa shape index (κ2) is 7.83. The van der Waals surface area contributed by atoms with Crippen molar-refractivity contribution in [2.75, 3.05) is 10.6 Å². The number of carbonyl (C=O) groups is 2. The van der Waals surface area contributed by atoms with E-state index in [-0.39, 0.29) is 17.5 Å². The second-order valence-electron chi connectivity index (χ2n) is 6.58. The Morgan fingerprint density at radius 3 is 2.00 bits per heavy atom. The minimum Gasteiger partial charge on any atom is -0.322 e. The normalized spacial score (nSPS) is 10.3. The van der Waals surface area contributed by atoms with Crippen molar-refractivity contribution in [1.29, 1.82) is 0 Å². The molecule has 0 aliphatic rings. The third-order valence-electron chi connectivity index (χ3n) is 4.04. The van der Waals surface area contributed by atoms with Crippen LogP contribution >= 0.6 is 0 Å². The van der Waals surface area contributed by atoms with Crippen LogP contribution in [0.25, 0.3) is 0 Å². The lowest BCUT2D eigenvalue weighted by Gasteiger charge is -2.09. The summed E-state index contributed by atoms with van der Waals surface area (Å²) in [5.74, 6) is -0.647. The van der Waals surface area contributed by atoms with Crippen molar-refractivity contribution in [3.05, 3.63) is 88.7 Å². The lowest BCUT2D eigenvalue weighted by Crippen LogP contribution is -2.17. The molecule has 2 amide bonds. The molecule has 1 aromatic heterocycles. The van der Waals surface area contributed by atoms with E-state index in [0.717, 1.165) is 16.7 Å². The molecule has 0 aliphatic carbocycles. The highest BCUT2D eigenvalue weighted by Crippen LogP contribution is 2.15. The van der Waals surface area contributed by atoms with Gasteiger partial charge in [0.05, 0.1) is 0 Å². The zero-order valence-corrected chi connectivity index (χ0v) is 15.5. The van der Waals surface area contributed by atoms with Gasteiger partial charge < -0.3 is 10.6 Å². The number of pyridine rings is 1. The van der Waals surface area contributed by atoms with Gasteiger partial charge in [0, 0.05) is 23.1 Å². The number of benzene rings is 2. The third kappa shape index (κ3) is 4.79. The SMILES string of the molecule is Cc1ccc(NC(=O)c2ccnc(C(=O)Nc3cc(C)cc(C)c3)c2)cc1. The summed E-state index contributed by atoms with van der Waals surface area (Å²) < 4.78 is 0. The Kier molecular flexibility index (Phi) is 5.31. The van der Waals surface area contributed by atoms with Gasteiger partial charge in [-0.2, -0.15) is 0 Å². The number of anilines is 2.